The Morgan fingerprint density at radius 3 is 2.15 bits per heavy atom. The second-order valence-electron chi connectivity index (χ2n) is 1.60. The molecule has 0 aromatic heterocycles. The Bertz CT molecular complexity index is 193. The molecule has 0 aliphatic carbocycles. The van der Waals surface area contributed by atoms with Crippen molar-refractivity contribution in [3.63, 3.8) is 0 Å². The Labute approximate surface area is 122 Å². The van der Waals surface area contributed by atoms with Crippen molar-refractivity contribution >= 4 is 6.29 Å². The normalized spacial score (nSPS) is 9.23. The standard InChI is InChI=1S/C9H10O.CH3O.K/c1-3-6-9(4-2)7-5-8-10;1-2;/h3-8H,1-2H2;1H3;/q;-1;+1/b7-5+,9-6+;;. The van der Waals surface area contributed by atoms with Crippen LogP contribution < -0.4 is 56.5 Å². The van der Waals surface area contributed by atoms with Crippen molar-refractivity contribution < 1.29 is 61.3 Å². The van der Waals surface area contributed by atoms with E-state index < -0.39 is 0 Å². The molecule has 0 amide bonds. The van der Waals surface area contributed by atoms with Crippen LogP contribution in [0.25, 0.3) is 0 Å². The minimum absolute atomic E-state index is 0. The van der Waals surface area contributed by atoms with Crippen LogP contribution >= 0.6 is 0 Å². The smallest absolute Gasteiger partial charge is 0.857 e. The molecular formula is C10H13KO2. The van der Waals surface area contributed by atoms with Crippen LogP contribution in [0.5, 0.6) is 0 Å². The molecule has 0 unspecified atom stereocenters. The van der Waals surface area contributed by atoms with Gasteiger partial charge in [-0.3, -0.25) is 4.79 Å². The summed E-state index contributed by atoms with van der Waals surface area (Å²) in [4.78, 5) is 9.86. The first-order valence-corrected chi connectivity index (χ1v) is 3.33. The molecule has 0 heterocycles. The third-order valence-corrected chi connectivity index (χ3v) is 0.913. The van der Waals surface area contributed by atoms with Crippen molar-refractivity contribution in [2.24, 2.45) is 0 Å². The van der Waals surface area contributed by atoms with Gasteiger partial charge in [0.2, 0.25) is 0 Å². The van der Waals surface area contributed by atoms with Crippen molar-refractivity contribution in [3.8, 4) is 0 Å². The van der Waals surface area contributed by atoms with Crippen molar-refractivity contribution in [2.75, 3.05) is 7.11 Å². The summed E-state index contributed by atoms with van der Waals surface area (Å²) in [5.74, 6) is 0. The van der Waals surface area contributed by atoms with Crippen LogP contribution in [0, 0.1) is 0 Å². The molecular weight excluding hydrogens is 191 g/mol. The molecule has 0 saturated carbocycles. The van der Waals surface area contributed by atoms with Crippen LogP contribution in [0.1, 0.15) is 0 Å². The van der Waals surface area contributed by atoms with Crippen LogP contribution in [0.3, 0.4) is 0 Å². The second-order valence-corrected chi connectivity index (χ2v) is 1.60. The van der Waals surface area contributed by atoms with Crippen LogP contribution in [0.2, 0.25) is 0 Å². The largest absolute Gasteiger partial charge is 1.00 e. The van der Waals surface area contributed by atoms with Gasteiger partial charge in [-0.05, 0) is 11.6 Å². The fourth-order valence-corrected chi connectivity index (χ4v) is 0.478. The van der Waals surface area contributed by atoms with Gasteiger partial charge in [0, 0.05) is 0 Å². The molecule has 0 aliphatic rings. The van der Waals surface area contributed by atoms with E-state index in [9.17, 15) is 4.79 Å². The third-order valence-electron chi connectivity index (χ3n) is 0.913. The van der Waals surface area contributed by atoms with Crippen LogP contribution in [-0.2, 0) is 4.79 Å². The second kappa shape index (κ2) is 18.1. The maximum absolute atomic E-state index is 9.86. The average Bonchev–Trinajstić information content (AvgIpc) is 2.15. The van der Waals surface area contributed by atoms with E-state index in [0.717, 1.165) is 19.0 Å². The summed E-state index contributed by atoms with van der Waals surface area (Å²) in [6.45, 7) is 7.06. The van der Waals surface area contributed by atoms with Crippen molar-refractivity contribution in [1.29, 1.82) is 0 Å². The first-order valence-electron chi connectivity index (χ1n) is 3.33. The van der Waals surface area contributed by atoms with E-state index in [2.05, 4.69) is 13.2 Å². The Hall–Kier alpha value is 0.226. The zero-order chi connectivity index (χ0) is 9.82. The Morgan fingerprint density at radius 1 is 1.31 bits per heavy atom. The number of carbonyl (C=O) groups is 1. The van der Waals surface area contributed by atoms with Crippen LogP contribution in [-0.4, -0.2) is 13.4 Å². The number of allylic oxidation sites excluding steroid dienone is 6. The summed E-state index contributed by atoms with van der Waals surface area (Å²) in [6, 6.07) is 0. The van der Waals surface area contributed by atoms with Gasteiger partial charge in [-0.2, -0.15) is 7.11 Å². The number of hydrogen-bond acceptors (Lipinski definition) is 2. The van der Waals surface area contributed by atoms with Gasteiger partial charge in [0.15, 0.2) is 0 Å². The monoisotopic (exact) mass is 204 g/mol. The van der Waals surface area contributed by atoms with E-state index in [1.54, 1.807) is 24.3 Å². The van der Waals surface area contributed by atoms with Gasteiger partial charge in [-0.15, -0.1) is 0 Å². The maximum atomic E-state index is 9.86. The van der Waals surface area contributed by atoms with Crippen molar-refractivity contribution in [3.05, 3.63) is 49.1 Å². The molecule has 0 saturated heterocycles. The molecule has 0 aliphatic heterocycles. The van der Waals surface area contributed by atoms with Gasteiger partial charge >= 0.3 is 51.4 Å². The minimum Gasteiger partial charge on any atom is -0.857 e. The molecule has 0 N–H and O–H groups in total. The third kappa shape index (κ3) is 15.0. The fraction of sp³-hybridized carbons (Fsp3) is 0.100. The summed E-state index contributed by atoms with van der Waals surface area (Å²) in [6.07, 6.45) is 8.87. The summed E-state index contributed by atoms with van der Waals surface area (Å²) in [7, 11) is 0.750. The first kappa shape index (κ1) is 18.9. The number of rotatable bonds is 4. The maximum Gasteiger partial charge on any atom is 1.00 e. The van der Waals surface area contributed by atoms with E-state index in [-0.39, 0.29) is 51.4 Å². The summed E-state index contributed by atoms with van der Waals surface area (Å²) in [5, 5.41) is 8.25. The first-order chi connectivity index (χ1) is 5.85. The van der Waals surface area contributed by atoms with Gasteiger partial charge in [-0.1, -0.05) is 37.5 Å². The molecule has 0 spiro atoms. The Balaban J connectivity index is -0.000000309. The van der Waals surface area contributed by atoms with E-state index in [1.165, 1.54) is 6.08 Å². The zero-order valence-corrected chi connectivity index (χ0v) is 11.3. The van der Waals surface area contributed by atoms with Crippen LogP contribution in [0.15, 0.2) is 49.1 Å². The molecule has 0 rings (SSSR count). The van der Waals surface area contributed by atoms with Gasteiger partial charge < -0.3 is 5.11 Å². The molecule has 13 heavy (non-hydrogen) atoms. The van der Waals surface area contributed by atoms with Gasteiger partial charge in [0.1, 0.15) is 6.29 Å². The molecule has 0 fully saturated rings. The van der Waals surface area contributed by atoms with Crippen molar-refractivity contribution in [2.45, 2.75) is 0 Å². The molecule has 0 atom stereocenters. The molecule has 0 aromatic carbocycles. The minimum atomic E-state index is 0. The Morgan fingerprint density at radius 2 is 1.85 bits per heavy atom. The van der Waals surface area contributed by atoms with E-state index >= 15 is 0 Å². The average molecular weight is 204 g/mol. The molecule has 2 nitrogen and oxygen atoms in total. The van der Waals surface area contributed by atoms with Crippen LogP contribution in [0.4, 0.5) is 0 Å². The van der Waals surface area contributed by atoms with E-state index in [0.29, 0.717) is 0 Å². The van der Waals surface area contributed by atoms with E-state index in [1.807, 2.05) is 0 Å². The van der Waals surface area contributed by atoms with E-state index in [4.69, 9.17) is 5.11 Å². The van der Waals surface area contributed by atoms with Gasteiger partial charge in [-0.25, -0.2) is 0 Å². The molecule has 3 heteroatoms. The number of carbonyl (C=O) groups excluding carboxylic acids is 1. The molecule has 66 valence electrons. The number of aldehydes is 1. The summed E-state index contributed by atoms with van der Waals surface area (Å²) >= 11 is 0. The van der Waals surface area contributed by atoms with Gasteiger partial charge in [0.05, 0.1) is 0 Å². The predicted octanol–water partition coefficient (Wildman–Crippen LogP) is -1.98. The van der Waals surface area contributed by atoms with Gasteiger partial charge in [0.25, 0.3) is 0 Å². The SMILES string of the molecule is C=C/C=C(C=C)/C=C/C=O.C[O-].[K+]. The number of hydrogen-bond donors (Lipinski definition) is 0. The summed E-state index contributed by atoms with van der Waals surface area (Å²) < 4.78 is 0. The zero-order valence-electron chi connectivity index (χ0n) is 8.19. The summed E-state index contributed by atoms with van der Waals surface area (Å²) in [5.41, 5.74) is 0.877. The molecule has 0 bridgehead atoms. The van der Waals surface area contributed by atoms with Crippen molar-refractivity contribution in [1.82, 2.24) is 0 Å². The topological polar surface area (TPSA) is 40.1 Å². The molecule has 0 radical (unpaired) electrons. The molecule has 0 aromatic rings. The predicted molar refractivity (Wildman–Crippen MR) is 49.6 cm³/mol. The Kier molecular flexibility index (Phi) is 26.3. The fourth-order valence-electron chi connectivity index (χ4n) is 0.478. The quantitative estimate of drug-likeness (QED) is 0.230.